The molecule has 7 nitrogen and oxygen atoms in total. The first-order valence-corrected chi connectivity index (χ1v) is 11.6. The monoisotopic (exact) mass is 462 g/mol. The van der Waals surface area contributed by atoms with Gasteiger partial charge < -0.3 is 14.5 Å². The molecule has 170 valence electrons. The summed E-state index contributed by atoms with van der Waals surface area (Å²) in [5.74, 6) is 2.14. The lowest BCUT2D eigenvalue weighted by molar-refractivity contribution is -0.115. The molecule has 0 saturated heterocycles. The van der Waals surface area contributed by atoms with Gasteiger partial charge in [-0.2, -0.15) is 0 Å². The van der Waals surface area contributed by atoms with Crippen molar-refractivity contribution in [2.24, 2.45) is 0 Å². The van der Waals surface area contributed by atoms with Crippen molar-refractivity contribution < 1.29 is 13.9 Å². The van der Waals surface area contributed by atoms with Gasteiger partial charge in [-0.1, -0.05) is 30.8 Å². The van der Waals surface area contributed by atoms with Crippen molar-refractivity contribution in [2.45, 2.75) is 37.2 Å². The summed E-state index contributed by atoms with van der Waals surface area (Å²) in [4.78, 5) is 12.8. The van der Waals surface area contributed by atoms with Gasteiger partial charge in [0.1, 0.15) is 11.5 Å². The van der Waals surface area contributed by atoms with Crippen molar-refractivity contribution in [3.05, 3.63) is 78.3 Å². The SMILES string of the molecule is CCc1ccc(NC(=O)C(C)Sc2nnc(-c3ccc(OC)cc3)n2Cc2ccco2)cc1. The van der Waals surface area contributed by atoms with Gasteiger partial charge in [0.15, 0.2) is 11.0 Å². The van der Waals surface area contributed by atoms with Crippen LogP contribution in [0.4, 0.5) is 5.69 Å². The van der Waals surface area contributed by atoms with Crippen molar-refractivity contribution >= 4 is 23.4 Å². The Morgan fingerprint density at radius 2 is 1.88 bits per heavy atom. The van der Waals surface area contributed by atoms with Gasteiger partial charge in [0.25, 0.3) is 0 Å². The number of hydrogen-bond acceptors (Lipinski definition) is 6. The van der Waals surface area contributed by atoms with Gasteiger partial charge in [-0.25, -0.2) is 0 Å². The highest BCUT2D eigenvalue weighted by Crippen LogP contribution is 2.29. The number of rotatable bonds is 9. The fourth-order valence-electron chi connectivity index (χ4n) is 3.31. The Bertz CT molecular complexity index is 1190. The summed E-state index contributed by atoms with van der Waals surface area (Å²) in [7, 11) is 1.63. The Morgan fingerprint density at radius 3 is 2.52 bits per heavy atom. The van der Waals surface area contributed by atoms with Crippen LogP contribution in [0.2, 0.25) is 0 Å². The fraction of sp³-hybridized carbons (Fsp3) is 0.240. The standard InChI is InChI=1S/C25H26N4O3S/c1-4-18-7-11-20(12-8-18)26-24(30)17(2)33-25-28-27-23(19-9-13-21(31-3)14-10-19)29(25)16-22-6-5-15-32-22/h5-15,17H,4,16H2,1-3H3,(H,26,30). The quantitative estimate of drug-likeness (QED) is 0.341. The molecule has 0 aliphatic heterocycles. The summed E-state index contributed by atoms with van der Waals surface area (Å²) < 4.78 is 12.8. The molecule has 0 saturated carbocycles. The first-order valence-electron chi connectivity index (χ1n) is 10.7. The number of aromatic nitrogens is 3. The lowest BCUT2D eigenvalue weighted by atomic mass is 10.1. The number of methoxy groups -OCH3 is 1. The van der Waals surface area contributed by atoms with E-state index in [2.05, 4.69) is 22.4 Å². The number of thioether (sulfide) groups is 1. The minimum atomic E-state index is -0.376. The highest BCUT2D eigenvalue weighted by molar-refractivity contribution is 8.00. The molecule has 1 atom stereocenters. The van der Waals surface area contributed by atoms with Crippen LogP contribution in [0.5, 0.6) is 5.75 Å². The van der Waals surface area contributed by atoms with Gasteiger partial charge in [-0.15, -0.1) is 10.2 Å². The highest BCUT2D eigenvalue weighted by atomic mass is 32.2. The first-order chi connectivity index (χ1) is 16.1. The molecule has 2 heterocycles. The van der Waals surface area contributed by atoms with Crippen LogP contribution in [0.3, 0.4) is 0 Å². The molecule has 0 spiro atoms. The third kappa shape index (κ3) is 5.46. The zero-order chi connectivity index (χ0) is 23.2. The van der Waals surface area contributed by atoms with E-state index in [1.807, 2.05) is 72.2 Å². The highest BCUT2D eigenvalue weighted by Gasteiger charge is 2.22. The van der Waals surface area contributed by atoms with E-state index in [4.69, 9.17) is 9.15 Å². The second-order valence-electron chi connectivity index (χ2n) is 7.50. The summed E-state index contributed by atoms with van der Waals surface area (Å²) in [5.41, 5.74) is 2.91. The van der Waals surface area contributed by atoms with Crippen molar-refractivity contribution in [1.82, 2.24) is 14.8 Å². The van der Waals surface area contributed by atoms with Crippen LogP contribution >= 0.6 is 11.8 Å². The van der Waals surface area contributed by atoms with Gasteiger partial charge in [0, 0.05) is 11.3 Å². The number of carbonyl (C=O) groups is 1. The molecule has 8 heteroatoms. The predicted octanol–water partition coefficient (Wildman–Crippen LogP) is 5.28. The molecule has 4 rings (SSSR count). The topological polar surface area (TPSA) is 82.2 Å². The summed E-state index contributed by atoms with van der Waals surface area (Å²) >= 11 is 1.36. The van der Waals surface area contributed by atoms with Gasteiger partial charge in [0.05, 0.1) is 25.2 Å². The normalized spacial score (nSPS) is 11.8. The third-order valence-electron chi connectivity index (χ3n) is 5.24. The molecule has 1 unspecified atom stereocenters. The van der Waals surface area contributed by atoms with E-state index in [0.717, 1.165) is 29.2 Å². The number of nitrogens with zero attached hydrogens (tertiary/aromatic N) is 3. The fourth-order valence-corrected chi connectivity index (χ4v) is 4.16. The van der Waals surface area contributed by atoms with E-state index >= 15 is 0 Å². The van der Waals surface area contributed by atoms with Crippen molar-refractivity contribution in [3.8, 4) is 17.1 Å². The molecular weight excluding hydrogens is 436 g/mol. The predicted molar refractivity (Wildman–Crippen MR) is 130 cm³/mol. The maximum atomic E-state index is 12.8. The van der Waals surface area contributed by atoms with E-state index in [0.29, 0.717) is 17.5 Å². The van der Waals surface area contributed by atoms with Crippen LogP contribution in [0, 0.1) is 0 Å². The summed E-state index contributed by atoms with van der Waals surface area (Å²) in [6.07, 6.45) is 2.60. The third-order valence-corrected chi connectivity index (χ3v) is 6.32. The van der Waals surface area contributed by atoms with E-state index in [-0.39, 0.29) is 11.2 Å². The van der Waals surface area contributed by atoms with Crippen LogP contribution in [0.15, 0.2) is 76.5 Å². The molecule has 0 fully saturated rings. The summed E-state index contributed by atoms with van der Waals surface area (Å²) in [6.45, 7) is 4.42. The van der Waals surface area contributed by atoms with Crippen LogP contribution in [0.1, 0.15) is 25.2 Å². The molecule has 0 aliphatic carbocycles. The number of ether oxygens (including phenoxy) is 1. The van der Waals surface area contributed by atoms with Crippen molar-refractivity contribution in [2.75, 3.05) is 12.4 Å². The number of carbonyl (C=O) groups excluding carboxylic acids is 1. The largest absolute Gasteiger partial charge is 0.497 e. The number of nitrogens with one attached hydrogen (secondary N) is 1. The maximum absolute atomic E-state index is 12.8. The second-order valence-corrected chi connectivity index (χ2v) is 8.81. The minimum absolute atomic E-state index is 0.0946. The molecule has 2 aromatic carbocycles. The number of anilines is 1. The van der Waals surface area contributed by atoms with Gasteiger partial charge in [-0.3, -0.25) is 9.36 Å². The van der Waals surface area contributed by atoms with E-state index in [9.17, 15) is 4.79 Å². The molecule has 0 aliphatic rings. The molecule has 0 radical (unpaired) electrons. The first kappa shape index (κ1) is 22.7. The number of furan rings is 1. The Balaban J connectivity index is 1.55. The number of aryl methyl sites for hydroxylation is 1. The van der Waals surface area contributed by atoms with Crippen LogP contribution in [-0.4, -0.2) is 33.0 Å². The molecule has 4 aromatic rings. The number of hydrogen-bond donors (Lipinski definition) is 1. The maximum Gasteiger partial charge on any atom is 0.237 e. The summed E-state index contributed by atoms with van der Waals surface area (Å²) in [6, 6.07) is 19.3. The zero-order valence-corrected chi connectivity index (χ0v) is 19.6. The van der Waals surface area contributed by atoms with Crippen LogP contribution < -0.4 is 10.1 Å². The Labute approximate surface area is 197 Å². The van der Waals surface area contributed by atoms with Crippen LogP contribution in [0.25, 0.3) is 11.4 Å². The second kappa shape index (κ2) is 10.4. The van der Waals surface area contributed by atoms with Crippen LogP contribution in [-0.2, 0) is 17.8 Å². The lowest BCUT2D eigenvalue weighted by Gasteiger charge is -2.13. The van der Waals surface area contributed by atoms with Crippen molar-refractivity contribution in [1.29, 1.82) is 0 Å². The molecule has 33 heavy (non-hydrogen) atoms. The molecule has 1 amide bonds. The lowest BCUT2D eigenvalue weighted by Crippen LogP contribution is -2.23. The van der Waals surface area contributed by atoms with Crippen molar-refractivity contribution in [3.63, 3.8) is 0 Å². The smallest absolute Gasteiger partial charge is 0.237 e. The minimum Gasteiger partial charge on any atom is -0.497 e. The number of amides is 1. The molecule has 1 N–H and O–H groups in total. The van der Waals surface area contributed by atoms with E-state index in [1.54, 1.807) is 13.4 Å². The molecular formula is C25H26N4O3S. The molecule has 2 aromatic heterocycles. The van der Waals surface area contributed by atoms with E-state index in [1.165, 1.54) is 17.3 Å². The number of benzene rings is 2. The average Bonchev–Trinajstić information content (AvgIpc) is 3.50. The van der Waals surface area contributed by atoms with E-state index < -0.39 is 0 Å². The Hall–Kier alpha value is -3.52. The van der Waals surface area contributed by atoms with Gasteiger partial charge in [-0.05, 0) is 67.4 Å². The summed E-state index contributed by atoms with van der Waals surface area (Å²) in [5, 5.41) is 12.1. The average molecular weight is 463 g/mol. The molecule has 0 bridgehead atoms. The Morgan fingerprint density at radius 1 is 1.12 bits per heavy atom. The van der Waals surface area contributed by atoms with Gasteiger partial charge in [0.2, 0.25) is 5.91 Å². The van der Waals surface area contributed by atoms with Gasteiger partial charge >= 0.3 is 0 Å². The Kier molecular flexibility index (Phi) is 7.14. The zero-order valence-electron chi connectivity index (χ0n) is 18.8.